The van der Waals surface area contributed by atoms with Crippen LogP contribution in [0, 0.1) is 10.1 Å². The fraction of sp³-hybridized carbons (Fsp3) is 0.0870. The lowest BCUT2D eigenvalue weighted by Gasteiger charge is -2.23. The van der Waals surface area contributed by atoms with Crippen molar-refractivity contribution in [1.82, 2.24) is 4.90 Å². The van der Waals surface area contributed by atoms with Crippen LogP contribution in [0.2, 0.25) is 0 Å². The Hall–Kier alpha value is -3.96. The highest BCUT2D eigenvalue weighted by Gasteiger charge is 2.41. The average Bonchev–Trinajstić information content (AvgIpc) is 3.39. The summed E-state index contributed by atoms with van der Waals surface area (Å²) in [7, 11) is 1.41. The molecule has 1 fully saturated rings. The normalized spacial score (nSPS) is 15.6. The highest BCUT2D eigenvalue weighted by atomic mass is 32.2. The van der Waals surface area contributed by atoms with Crippen LogP contribution < -0.4 is 4.74 Å². The van der Waals surface area contributed by atoms with Crippen LogP contribution in [0.4, 0.5) is 5.69 Å². The molecule has 3 aromatic rings. The lowest BCUT2D eigenvalue weighted by atomic mass is 10.1. The van der Waals surface area contributed by atoms with Gasteiger partial charge in [-0.15, -0.1) is 0 Å². The molecular formula is C23H16N2O7S2. The first kappa shape index (κ1) is 23.2. The van der Waals surface area contributed by atoms with Crippen molar-refractivity contribution in [1.29, 1.82) is 0 Å². The molecule has 0 bridgehead atoms. The zero-order valence-corrected chi connectivity index (χ0v) is 19.2. The van der Waals surface area contributed by atoms with Gasteiger partial charge in [-0.3, -0.25) is 19.8 Å². The fourth-order valence-corrected chi connectivity index (χ4v) is 4.74. The Morgan fingerprint density at radius 2 is 1.97 bits per heavy atom. The number of carbonyl (C=O) groups is 2. The number of nitrogens with zero attached hydrogens (tertiary/aromatic N) is 2. The molecule has 0 aliphatic carbocycles. The predicted molar refractivity (Wildman–Crippen MR) is 129 cm³/mol. The molecule has 9 nitrogen and oxygen atoms in total. The van der Waals surface area contributed by atoms with Crippen molar-refractivity contribution < 1.29 is 28.8 Å². The first-order valence-corrected chi connectivity index (χ1v) is 11.0. The summed E-state index contributed by atoms with van der Waals surface area (Å²) < 4.78 is 10.9. The maximum Gasteiger partial charge on any atom is 0.331 e. The molecular weight excluding hydrogens is 480 g/mol. The molecule has 2 heterocycles. The van der Waals surface area contributed by atoms with Gasteiger partial charge in [0.25, 0.3) is 11.6 Å². The van der Waals surface area contributed by atoms with E-state index >= 15 is 0 Å². The number of ether oxygens (including phenoxy) is 1. The second-order valence-corrected chi connectivity index (χ2v) is 8.72. The van der Waals surface area contributed by atoms with Crippen LogP contribution in [0.1, 0.15) is 17.4 Å². The molecule has 1 aromatic heterocycles. The summed E-state index contributed by atoms with van der Waals surface area (Å²) >= 11 is 6.26. The maximum atomic E-state index is 13.1. The molecule has 4 rings (SSSR count). The molecule has 1 unspecified atom stereocenters. The van der Waals surface area contributed by atoms with Crippen LogP contribution in [-0.2, 0) is 9.59 Å². The first-order chi connectivity index (χ1) is 16.3. The number of hydrogen-bond donors (Lipinski definition) is 1. The van der Waals surface area contributed by atoms with E-state index in [1.54, 1.807) is 48.5 Å². The summed E-state index contributed by atoms with van der Waals surface area (Å²) in [6, 6.07) is 14.5. The minimum absolute atomic E-state index is 0.102. The van der Waals surface area contributed by atoms with E-state index < -0.39 is 22.8 Å². The Bertz CT molecular complexity index is 1330. The van der Waals surface area contributed by atoms with Crippen LogP contribution >= 0.6 is 24.0 Å². The molecule has 1 atom stereocenters. The van der Waals surface area contributed by atoms with Gasteiger partial charge in [0.2, 0.25) is 0 Å². The van der Waals surface area contributed by atoms with E-state index in [9.17, 15) is 24.8 Å². The van der Waals surface area contributed by atoms with Gasteiger partial charge in [-0.05, 0) is 29.8 Å². The summed E-state index contributed by atoms with van der Waals surface area (Å²) in [5.74, 6) is -0.969. The number of carbonyl (C=O) groups excluding carboxylic acids is 1. The van der Waals surface area contributed by atoms with Crippen molar-refractivity contribution in [3.63, 3.8) is 0 Å². The van der Waals surface area contributed by atoms with E-state index in [2.05, 4.69) is 0 Å². The number of benzene rings is 2. The van der Waals surface area contributed by atoms with E-state index in [4.69, 9.17) is 21.4 Å². The quantitative estimate of drug-likeness (QED) is 0.211. The van der Waals surface area contributed by atoms with Crippen LogP contribution in [0.3, 0.4) is 0 Å². The Kier molecular flexibility index (Phi) is 6.48. The second-order valence-electron chi connectivity index (χ2n) is 7.05. The molecule has 1 saturated heterocycles. The predicted octanol–water partition coefficient (Wildman–Crippen LogP) is 4.89. The molecule has 1 amide bonds. The molecule has 0 spiro atoms. The van der Waals surface area contributed by atoms with Gasteiger partial charge in [0, 0.05) is 6.08 Å². The molecule has 0 radical (unpaired) electrons. The van der Waals surface area contributed by atoms with Crippen molar-refractivity contribution in [2.75, 3.05) is 7.11 Å². The number of rotatable bonds is 7. The van der Waals surface area contributed by atoms with E-state index in [-0.39, 0.29) is 32.0 Å². The number of thioether (sulfide) groups is 1. The van der Waals surface area contributed by atoms with Crippen molar-refractivity contribution in [2.24, 2.45) is 0 Å². The van der Waals surface area contributed by atoms with Gasteiger partial charge in [0.1, 0.15) is 21.6 Å². The smallest absolute Gasteiger partial charge is 0.331 e. The summed E-state index contributed by atoms with van der Waals surface area (Å²) in [5, 5.41) is 21.3. The minimum atomic E-state index is -1.27. The Morgan fingerprint density at radius 3 is 2.62 bits per heavy atom. The van der Waals surface area contributed by atoms with Gasteiger partial charge in [-0.2, -0.15) is 0 Å². The lowest BCUT2D eigenvalue weighted by molar-refractivity contribution is -0.384. The van der Waals surface area contributed by atoms with Crippen LogP contribution in [0.5, 0.6) is 5.75 Å². The number of carboxylic acid groups (broad SMARTS) is 1. The van der Waals surface area contributed by atoms with Gasteiger partial charge in [0.05, 0.1) is 28.6 Å². The molecule has 172 valence electrons. The van der Waals surface area contributed by atoms with E-state index in [1.807, 2.05) is 0 Å². The number of hydrogen-bond acceptors (Lipinski definition) is 8. The van der Waals surface area contributed by atoms with Crippen molar-refractivity contribution in [3.8, 4) is 17.1 Å². The largest absolute Gasteiger partial charge is 0.497 e. The maximum absolute atomic E-state index is 13.1. The van der Waals surface area contributed by atoms with Gasteiger partial charge < -0.3 is 14.3 Å². The average molecular weight is 497 g/mol. The molecule has 1 aliphatic rings. The van der Waals surface area contributed by atoms with Gasteiger partial charge in [-0.25, -0.2) is 4.79 Å². The van der Waals surface area contributed by atoms with E-state index in [1.165, 1.54) is 25.3 Å². The third kappa shape index (κ3) is 4.43. The number of nitro benzene ring substituents is 1. The number of amides is 1. The molecule has 1 aliphatic heterocycles. The zero-order valence-electron chi connectivity index (χ0n) is 17.5. The second kappa shape index (κ2) is 9.49. The molecule has 34 heavy (non-hydrogen) atoms. The monoisotopic (exact) mass is 496 g/mol. The lowest BCUT2D eigenvalue weighted by Crippen LogP contribution is -2.37. The third-order valence-electron chi connectivity index (χ3n) is 5.00. The number of carboxylic acids is 1. The van der Waals surface area contributed by atoms with Crippen LogP contribution in [-0.4, -0.2) is 38.2 Å². The van der Waals surface area contributed by atoms with Gasteiger partial charge in [-0.1, -0.05) is 54.3 Å². The summed E-state index contributed by atoms with van der Waals surface area (Å²) in [6.45, 7) is 0. The zero-order chi connectivity index (χ0) is 24.4. The molecule has 11 heteroatoms. The highest BCUT2D eigenvalue weighted by Crippen LogP contribution is 2.39. The fourth-order valence-electron chi connectivity index (χ4n) is 3.44. The van der Waals surface area contributed by atoms with E-state index in [0.717, 1.165) is 16.7 Å². The summed E-state index contributed by atoms with van der Waals surface area (Å²) in [5.41, 5.74) is 0.464. The topological polar surface area (TPSA) is 123 Å². The van der Waals surface area contributed by atoms with Crippen LogP contribution in [0.15, 0.2) is 70.0 Å². The number of furan rings is 1. The number of methoxy groups -OCH3 is 1. The van der Waals surface area contributed by atoms with Crippen molar-refractivity contribution >= 4 is 51.9 Å². The molecule has 2 aromatic carbocycles. The molecule has 1 N–H and O–H groups in total. The Balaban J connectivity index is 1.65. The van der Waals surface area contributed by atoms with Crippen molar-refractivity contribution in [3.05, 3.63) is 87.0 Å². The Labute approximate surface area is 202 Å². The van der Waals surface area contributed by atoms with Crippen molar-refractivity contribution in [2.45, 2.75) is 6.04 Å². The summed E-state index contributed by atoms with van der Waals surface area (Å²) in [4.78, 5) is 37.2. The highest BCUT2D eigenvalue weighted by molar-refractivity contribution is 8.26. The Morgan fingerprint density at radius 1 is 1.24 bits per heavy atom. The minimum Gasteiger partial charge on any atom is -0.497 e. The number of thiocarbonyl (C=S) groups is 1. The number of aliphatic carboxylic acids is 1. The van der Waals surface area contributed by atoms with E-state index in [0.29, 0.717) is 11.3 Å². The SMILES string of the molecule is COc1ccc(-c2ccc(C=C3SC(=S)N(C(C(=O)O)c4ccccc4)C3=O)o2)c([N+](=O)[O-])c1. The van der Waals surface area contributed by atoms with Gasteiger partial charge in [0.15, 0.2) is 6.04 Å². The number of nitro groups is 1. The van der Waals surface area contributed by atoms with Crippen LogP contribution in [0.25, 0.3) is 17.4 Å². The molecule has 0 saturated carbocycles. The first-order valence-electron chi connectivity index (χ1n) is 9.77. The van der Waals surface area contributed by atoms with Gasteiger partial charge >= 0.3 is 5.97 Å². The summed E-state index contributed by atoms with van der Waals surface area (Å²) in [6.07, 6.45) is 1.43. The standard InChI is InChI=1S/C23H16N2O7S2/c1-31-14-7-9-16(17(11-14)25(29)30)18-10-8-15(32-18)12-19-21(26)24(23(33)34-19)20(22(27)28)13-5-3-2-4-6-13/h2-12,20H,1H3,(H,27,28). The third-order valence-corrected chi connectivity index (χ3v) is 6.33.